The van der Waals surface area contributed by atoms with Crippen molar-refractivity contribution in [2.75, 3.05) is 0 Å². The zero-order valence-electron chi connectivity index (χ0n) is 17.6. The topological polar surface area (TPSA) is 23.8 Å². The van der Waals surface area contributed by atoms with Crippen molar-refractivity contribution in [2.24, 2.45) is 5.92 Å². The van der Waals surface area contributed by atoms with Crippen molar-refractivity contribution in [3.8, 4) is 6.07 Å². The van der Waals surface area contributed by atoms with Crippen LogP contribution in [0.3, 0.4) is 0 Å². The van der Waals surface area contributed by atoms with Crippen LogP contribution in [0, 0.1) is 23.1 Å². The first kappa shape index (κ1) is 20.1. The van der Waals surface area contributed by atoms with Gasteiger partial charge in [-0.2, -0.15) is 5.26 Å². The molecule has 2 aliphatic carbocycles. The molecule has 0 spiro atoms. The molecule has 0 bridgehead atoms. The first-order valence-corrected chi connectivity index (χ1v) is 11.5. The zero-order valence-corrected chi connectivity index (χ0v) is 17.6. The first-order chi connectivity index (χ1) is 14.2. The fourth-order valence-electron chi connectivity index (χ4n) is 5.50. The summed E-state index contributed by atoms with van der Waals surface area (Å²) in [4.78, 5) is 0. The summed E-state index contributed by atoms with van der Waals surface area (Å²) < 4.78 is 15.1. The van der Waals surface area contributed by atoms with Crippen LogP contribution in [-0.4, -0.2) is 0 Å². The number of rotatable bonds is 5. The Labute approximate surface area is 175 Å². The van der Waals surface area contributed by atoms with Gasteiger partial charge in [-0.15, -0.1) is 0 Å². The zero-order chi connectivity index (χ0) is 20.2. The van der Waals surface area contributed by atoms with Gasteiger partial charge in [0.25, 0.3) is 0 Å². The number of unbranched alkanes of at least 4 members (excludes halogenated alkanes) is 1. The molecule has 1 fully saturated rings. The number of aryl methyl sites for hydroxylation is 1. The maximum Gasteiger partial charge on any atom is 0.126 e. The van der Waals surface area contributed by atoms with Gasteiger partial charge in [-0.3, -0.25) is 0 Å². The lowest BCUT2D eigenvalue weighted by atomic mass is 9.76. The van der Waals surface area contributed by atoms with Gasteiger partial charge in [0.1, 0.15) is 5.82 Å². The molecule has 1 nitrogen and oxygen atoms in total. The van der Waals surface area contributed by atoms with Crippen LogP contribution in [-0.2, 0) is 12.8 Å². The van der Waals surface area contributed by atoms with Crippen LogP contribution in [0.25, 0.3) is 0 Å². The number of hydrogen-bond donors (Lipinski definition) is 0. The van der Waals surface area contributed by atoms with E-state index >= 15 is 4.39 Å². The molecule has 1 atom stereocenters. The van der Waals surface area contributed by atoms with Gasteiger partial charge in [-0.1, -0.05) is 44.4 Å². The van der Waals surface area contributed by atoms with Gasteiger partial charge in [-0.25, -0.2) is 4.39 Å². The predicted octanol–water partition coefficient (Wildman–Crippen LogP) is 7.43. The fourth-order valence-corrected chi connectivity index (χ4v) is 5.50. The van der Waals surface area contributed by atoms with Gasteiger partial charge in [0.15, 0.2) is 0 Å². The summed E-state index contributed by atoms with van der Waals surface area (Å²) in [7, 11) is 0. The number of hydrogen-bond acceptors (Lipinski definition) is 1. The second-order valence-corrected chi connectivity index (χ2v) is 9.18. The average molecular weight is 390 g/mol. The Balaban J connectivity index is 1.42. The normalized spacial score (nSPS) is 24.0. The molecule has 2 aliphatic rings. The molecule has 29 heavy (non-hydrogen) atoms. The average Bonchev–Trinajstić information content (AvgIpc) is 2.77. The smallest absolute Gasteiger partial charge is 0.126 e. The predicted molar refractivity (Wildman–Crippen MR) is 117 cm³/mol. The Morgan fingerprint density at radius 1 is 0.966 bits per heavy atom. The van der Waals surface area contributed by atoms with Gasteiger partial charge in [0, 0.05) is 0 Å². The van der Waals surface area contributed by atoms with E-state index in [2.05, 4.69) is 31.2 Å². The van der Waals surface area contributed by atoms with Crippen LogP contribution in [0.2, 0.25) is 0 Å². The van der Waals surface area contributed by atoms with Crippen LogP contribution >= 0.6 is 0 Å². The molecule has 2 aromatic carbocycles. The van der Waals surface area contributed by atoms with E-state index in [1.165, 1.54) is 61.6 Å². The number of nitrogens with zero attached hydrogens (tertiary/aromatic N) is 1. The van der Waals surface area contributed by atoms with Gasteiger partial charge in [0.2, 0.25) is 0 Å². The summed E-state index contributed by atoms with van der Waals surface area (Å²) in [5.74, 6) is 1.65. The molecule has 0 aromatic heterocycles. The van der Waals surface area contributed by atoms with Crippen molar-refractivity contribution in [1.82, 2.24) is 0 Å². The molecule has 0 saturated heterocycles. The van der Waals surface area contributed by atoms with Crippen molar-refractivity contribution >= 4 is 0 Å². The lowest BCUT2D eigenvalue weighted by Crippen LogP contribution is -2.16. The molecule has 0 N–H and O–H groups in total. The second-order valence-electron chi connectivity index (χ2n) is 9.18. The molecule has 152 valence electrons. The van der Waals surface area contributed by atoms with Crippen LogP contribution in [0.1, 0.15) is 97.9 Å². The van der Waals surface area contributed by atoms with Crippen LogP contribution in [0.4, 0.5) is 4.39 Å². The molecule has 1 unspecified atom stereocenters. The molecule has 4 rings (SSSR count). The highest BCUT2D eigenvalue weighted by atomic mass is 19.1. The third kappa shape index (κ3) is 4.55. The maximum absolute atomic E-state index is 15.1. The lowest BCUT2D eigenvalue weighted by Gasteiger charge is -2.30. The fraction of sp³-hybridized carbons (Fsp3) is 0.519. The molecule has 0 heterocycles. The monoisotopic (exact) mass is 389 g/mol. The van der Waals surface area contributed by atoms with Gasteiger partial charge >= 0.3 is 0 Å². The van der Waals surface area contributed by atoms with Crippen LogP contribution in [0.15, 0.2) is 36.4 Å². The number of fused-ring (bicyclic) bond motifs is 1. The molecule has 2 heteroatoms. The summed E-state index contributed by atoms with van der Waals surface area (Å²) in [6.07, 6.45) is 11.8. The third-order valence-electron chi connectivity index (χ3n) is 7.31. The van der Waals surface area contributed by atoms with Crippen molar-refractivity contribution in [2.45, 2.75) is 83.0 Å². The summed E-state index contributed by atoms with van der Waals surface area (Å²) in [5, 5.41) is 9.09. The van der Waals surface area contributed by atoms with E-state index in [1.807, 2.05) is 18.2 Å². The molecule has 0 aliphatic heterocycles. The largest absolute Gasteiger partial charge is 0.207 e. The molecule has 0 amide bonds. The molecule has 2 aromatic rings. The lowest BCUT2D eigenvalue weighted by molar-refractivity contribution is 0.304. The number of nitriles is 1. The molecular formula is C27H32FN. The summed E-state index contributed by atoms with van der Waals surface area (Å²) in [6, 6.07) is 14.3. The minimum absolute atomic E-state index is 0.0160. The van der Waals surface area contributed by atoms with E-state index in [4.69, 9.17) is 5.26 Å². The highest BCUT2D eigenvalue weighted by molar-refractivity contribution is 5.41. The van der Waals surface area contributed by atoms with E-state index in [0.29, 0.717) is 5.92 Å². The van der Waals surface area contributed by atoms with Crippen LogP contribution < -0.4 is 0 Å². The summed E-state index contributed by atoms with van der Waals surface area (Å²) in [5.41, 5.74) is 5.34. The SMILES string of the molecule is CCCCC1CCC(c2ccc(C3CCc4cc(C#N)ccc4C3)c(F)c2)CC1. The van der Waals surface area contributed by atoms with Gasteiger partial charge < -0.3 is 0 Å². The Morgan fingerprint density at radius 3 is 2.52 bits per heavy atom. The minimum Gasteiger partial charge on any atom is -0.207 e. The van der Waals surface area contributed by atoms with Crippen molar-refractivity contribution in [1.29, 1.82) is 5.26 Å². The van der Waals surface area contributed by atoms with Crippen molar-refractivity contribution in [3.05, 3.63) is 70.0 Å². The van der Waals surface area contributed by atoms with E-state index in [9.17, 15) is 0 Å². The van der Waals surface area contributed by atoms with E-state index < -0.39 is 0 Å². The highest BCUT2D eigenvalue weighted by Gasteiger charge is 2.25. The first-order valence-electron chi connectivity index (χ1n) is 11.5. The van der Waals surface area contributed by atoms with Gasteiger partial charge in [0.05, 0.1) is 11.6 Å². The van der Waals surface area contributed by atoms with E-state index in [0.717, 1.165) is 36.3 Å². The second kappa shape index (κ2) is 9.12. The molecule has 1 saturated carbocycles. The Bertz CT molecular complexity index is 886. The van der Waals surface area contributed by atoms with Crippen molar-refractivity contribution < 1.29 is 4.39 Å². The number of halogens is 1. The Morgan fingerprint density at radius 2 is 1.79 bits per heavy atom. The molecule has 0 radical (unpaired) electrons. The Hall–Kier alpha value is -2.14. The highest BCUT2D eigenvalue weighted by Crippen LogP contribution is 2.40. The van der Waals surface area contributed by atoms with E-state index in [1.54, 1.807) is 0 Å². The summed E-state index contributed by atoms with van der Waals surface area (Å²) in [6.45, 7) is 2.27. The summed E-state index contributed by atoms with van der Waals surface area (Å²) >= 11 is 0. The third-order valence-corrected chi connectivity index (χ3v) is 7.31. The van der Waals surface area contributed by atoms with Crippen LogP contribution in [0.5, 0.6) is 0 Å². The Kier molecular flexibility index (Phi) is 6.34. The number of benzene rings is 2. The van der Waals surface area contributed by atoms with Gasteiger partial charge in [-0.05, 0) is 103 Å². The quantitative estimate of drug-likeness (QED) is 0.521. The standard InChI is InChI=1S/C27H32FN/c1-2-3-4-19-5-8-21(9-6-19)24-13-14-26(27(28)17-24)25-12-11-22-15-20(18-29)7-10-23(22)16-25/h7,10,13-15,17,19,21,25H,2-6,8-9,11-12,16H2,1H3. The molecular weight excluding hydrogens is 357 g/mol. The van der Waals surface area contributed by atoms with E-state index in [-0.39, 0.29) is 11.7 Å². The minimum atomic E-state index is -0.0160. The maximum atomic E-state index is 15.1. The van der Waals surface area contributed by atoms with Crippen molar-refractivity contribution in [3.63, 3.8) is 0 Å².